The first-order valence-electron chi connectivity index (χ1n) is 11.5. The van der Waals surface area contributed by atoms with Gasteiger partial charge in [0.1, 0.15) is 6.42 Å². The average Bonchev–Trinajstić information content (AvgIpc) is 3.23. The lowest BCUT2D eigenvalue weighted by Crippen LogP contribution is -2.47. The maximum absolute atomic E-state index is 11.6. The molecule has 0 radical (unpaired) electrons. The second-order valence-corrected chi connectivity index (χ2v) is 9.01. The topological polar surface area (TPSA) is 59.4 Å². The lowest BCUT2D eigenvalue weighted by molar-refractivity contribution is -0.121. The van der Waals surface area contributed by atoms with Crippen LogP contribution in [0.4, 0.5) is 5.69 Å². The van der Waals surface area contributed by atoms with Gasteiger partial charge in [-0.15, -0.1) is 0 Å². The highest BCUT2D eigenvalue weighted by atomic mass is 16.1. The number of rotatable bonds is 6. The molecule has 0 unspecified atom stereocenters. The summed E-state index contributed by atoms with van der Waals surface area (Å²) in [4.78, 5) is 16.8. The molecular weight excluding hydrogens is 360 g/mol. The molecule has 1 amide bonds. The minimum absolute atomic E-state index is 0.0162. The fraction of sp³-hybridized carbons (Fsp3) is 0.667. The molecule has 1 aliphatic heterocycles. The molecule has 1 aromatic carbocycles. The van der Waals surface area contributed by atoms with Gasteiger partial charge in [0.25, 0.3) is 0 Å². The number of hydrogen-bond acceptors (Lipinski definition) is 4. The van der Waals surface area contributed by atoms with Crippen molar-refractivity contribution in [2.45, 2.75) is 63.8 Å². The Hall–Kier alpha value is -2.06. The zero-order chi connectivity index (χ0) is 20.1. The van der Waals surface area contributed by atoms with Crippen molar-refractivity contribution in [2.24, 2.45) is 5.92 Å². The summed E-state index contributed by atoms with van der Waals surface area (Å²) in [6, 6.07) is 9.09. The minimum Gasteiger partial charge on any atom is -0.369 e. The van der Waals surface area contributed by atoms with E-state index >= 15 is 0 Å². The van der Waals surface area contributed by atoms with Crippen molar-refractivity contribution in [2.75, 3.05) is 37.6 Å². The van der Waals surface area contributed by atoms with Crippen molar-refractivity contribution in [1.29, 1.82) is 5.26 Å². The Balaban J connectivity index is 1.17. The number of piperazine rings is 1. The quantitative estimate of drug-likeness (QED) is 0.804. The molecule has 1 saturated carbocycles. The molecule has 156 valence electrons. The summed E-state index contributed by atoms with van der Waals surface area (Å²) in [5, 5.41) is 11.6. The first kappa shape index (κ1) is 20.2. The summed E-state index contributed by atoms with van der Waals surface area (Å²) in [6.07, 6.45) is 9.62. The summed E-state index contributed by atoms with van der Waals surface area (Å²) in [6.45, 7) is 5.84. The zero-order valence-corrected chi connectivity index (χ0v) is 17.5. The molecule has 5 heteroatoms. The van der Waals surface area contributed by atoms with Crippen LogP contribution in [0.25, 0.3) is 0 Å². The summed E-state index contributed by atoms with van der Waals surface area (Å²) in [5.41, 5.74) is 4.68. The van der Waals surface area contributed by atoms with Crippen LogP contribution in [0.5, 0.6) is 0 Å². The highest BCUT2D eigenvalue weighted by Crippen LogP contribution is 2.32. The molecule has 1 heterocycles. The third-order valence-electron chi connectivity index (χ3n) is 7.14. The van der Waals surface area contributed by atoms with Gasteiger partial charge in [0.15, 0.2) is 0 Å². The first-order valence-corrected chi connectivity index (χ1v) is 11.5. The lowest BCUT2D eigenvalue weighted by atomic mass is 9.84. The third kappa shape index (κ3) is 5.11. The van der Waals surface area contributed by atoms with E-state index in [2.05, 4.69) is 33.3 Å². The van der Waals surface area contributed by atoms with Crippen LogP contribution in [-0.4, -0.2) is 49.6 Å². The maximum Gasteiger partial charge on any atom is 0.234 e. The molecule has 4 rings (SSSR count). The van der Waals surface area contributed by atoms with Gasteiger partial charge in [-0.05, 0) is 81.0 Å². The van der Waals surface area contributed by atoms with Crippen LogP contribution < -0.4 is 10.2 Å². The molecule has 1 saturated heterocycles. The van der Waals surface area contributed by atoms with Crippen molar-refractivity contribution in [1.82, 2.24) is 10.2 Å². The van der Waals surface area contributed by atoms with E-state index in [1.807, 2.05) is 6.07 Å². The van der Waals surface area contributed by atoms with Crippen molar-refractivity contribution in [3.63, 3.8) is 0 Å². The van der Waals surface area contributed by atoms with Gasteiger partial charge in [0.05, 0.1) is 6.07 Å². The van der Waals surface area contributed by atoms with E-state index in [4.69, 9.17) is 5.26 Å². The van der Waals surface area contributed by atoms with Gasteiger partial charge in [-0.3, -0.25) is 9.69 Å². The fourth-order valence-electron chi connectivity index (χ4n) is 5.42. The van der Waals surface area contributed by atoms with Gasteiger partial charge in [0.2, 0.25) is 5.91 Å². The van der Waals surface area contributed by atoms with E-state index in [1.165, 1.54) is 63.8 Å². The van der Waals surface area contributed by atoms with E-state index in [1.54, 1.807) is 11.1 Å². The van der Waals surface area contributed by atoms with E-state index in [0.717, 1.165) is 31.8 Å². The number of carbonyl (C=O) groups is 1. The van der Waals surface area contributed by atoms with Crippen LogP contribution in [0.2, 0.25) is 0 Å². The van der Waals surface area contributed by atoms with E-state index < -0.39 is 0 Å². The largest absolute Gasteiger partial charge is 0.369 e. The van der Waals surface area contributed by atoms with E-state index in [9.17, 15) is 4.79 Å². The Morgan fingerprint density at radius 2 is 1.90 bits per heavy atom. The molecule has 5 nitrogen and oxygen atoms in total. The van der Waals surface area contributed by atoms with Crippen LogP contribution in [0.15, 0.2) is 18.2 Å². The Bertz CT molecular complexity index is 740. The van der Waals surface area contributed by atoms with Crippen molar-refractivity contribution in [3.05, 3.63) is 29.3 Å². The maximum atomic E-state index is 11.6. The lowest BCUT2D eigenvalue weighted by Gasteiger charge is -2.38. The second-order valence-electron chi connectivity index (χ2n) is 9.01. The highest BCUT2D eigenvalue weighted by molar-refractivity contribution is 5.78. The summed E-state index contributed by atoms with van der Waals surface area (Å²) in [7, 11) is 0. The zero-order valence-electron chi connectivity index (χ0n) is 17.5. The third-order valence-corrected chi connectivity index (χ3v) is 7.14. The van der Waals surface area contributed by atoms with Crippen LogP contribution in [0, 0.1) is 17.2 Å². The Labute approximate surface area is 175 Å². The van der Waals surface area contributed by atoms with E-state index in [0.29, 0.717) is 0 Å². The number of aryl methyl sites for hydroxylation is 1. The molecule has 2 aliphatic carbocycles. The van der Waals surface area contributed by atoms with Gasteiger partial charge in [-0.2, -0.15) is 5.26 Å². The highest BCUT2D eigenvalue weighted by Gasteiger charge is 2.25. The molecule has 0 atom stereocenters. The number of fused-ring (bicyclic) bond motifs is 1. The molecule has 0 bridgehead atoms. The number of nitrogens with one attached hydrogen (secondary N) is 1. The monoisotopic (exact) mass is 394 g/mol. The number of anilines is 1. The van der Waals surface area contributed by atoms with Gasteiger partial charge < -0.3 is 10.2 Å². The molecule has 2 fully saturated rings. The van der Waals surface area contributed by atoms with Crippen LogP contribution >= 0.6 is 0 Å². The minimum atomic E-state index is -0.113. The fourth-order valence-corrected chi connectivity index (χ4v) is 5.42. The van der Waals surface area contributed by atoms with E-state index in [-0.39, 0.29) is 18.4 Å². The number of amides is 1. The average molecular weight is 395 g/mol. The van der Waals surface area contributed by atoms with Gasteiger partial charge in [-0.25, -0.2) is 0 Å². The standard InChI is InChI=1S/C24H34N4O/c25-13-11-24(29)26-21-9-7-19(8-10-21)12-14-27-15-17-28(18-16-27)23-6-2-4-20-3-1-5-22(20)23/h2,4,6,19,21H,1,3,5,7-12,14-18H2,(H,26,29)/t19-,21-. The summed E-state index contributed by atoms with van der Waals surface area (Å²) >= 11 is 0. The Kier molecular flexibility index (Phi) is 6.71. The molecule has 3 aliphatic rings. The van der Waals surface area contributed by atoms with Gasteiger partial charge >= 0.3 is 0 Å². The normalized spacial score (nSPS) is 24.7. The van der Waals surface area contributed by atoms with Crippen molar-refractivity contribution in [3.8, 4) is 6.07 Å². The van der Waals surface area contributed by atoms with Gasteiger partial charge in [-0.1, -0.05) is 12.1 Å². The van der Waals surface area contributed by atoms with Crippen LogP contribution in [0.1, 0.15) is 56.1 Å². The predicted octanol–water partition coefficient (Wildman–Crippen LogP) is 3.28. The molecule has 0 spiro atoms. The summed E-state index contributed by atoms with van der Waals surface area (Å²) in [5.74, 6) is 0.674. The Morgan fingerprint density at radius 3 is 2.66 bits per heavy atom. The summed E-state index contributed by atoms with van der Waals surface area (Å²) < 4.78 is 0. The number of carbonyl (C=O) groups excluding carboxylic acids is 1. The van der Waals surface area contributed by atoms with Crippen molar-refractivity contribution >= 4 is 11.6 Å². The number of hydrogen-bond donors (Lipinski definition) is 1. The number of benzene rings is 1. The molecule has 1 N–H and O–H groups in total. The second kappa shape index (κ2) is 9.63. The van der Waals surface area contributed by atoms with Crippen LogP contribution in [0.3, 0.4) is 0 Å². The molecule has 0 aromatic heterocycles. The number of nitrogens with zero attached hydrogens (tertiary/aromatic N) is 3. The number of nitriles is 1. The van der Waals surface area contributed by atoms with Crippen LogP contribution in [-0.2, 0) is 17.6 Å². The first-order chi connectivity index (χ1) is 14.2. The predicted molar refractivity (Wildman–Crippen MR) is 116 cm³/mol. The molecular formula is C24H34N4O. The SMILES string of the molecule is N#CCC(=O)N[C@H]1CC[C@H](CCN2CCN(c3cccc4c3CCC4)CC2)CC1. The smallest absolute Gasteiger partial charge is 0.234 e. The Morgan fingerprint density at radius 1 is 1.10 bits per heavy atom. The van der Waals surface area contributed by atoms with Gasteiger partial charge in [0, 0.05) is 37.9 Å². The molecule has 1 aromatic rings. The van der Waals surface area contributed by atoms with Crippen molar-refractivity contribution < 1.29 is 4.79 Å². The molecule has 29 heavy (non-hydrogen) atoms.